The summed E-state index contributed by atoms with van der Waals surface area (Å²) >= 11 is 0. The Morgan fingerprint density at radius 2 is 0.532 bits per heavy atom. The zero-order valence-electron chi connectivity index (χ0n) is 41.8. The van der Waals surface area contributed by atoms with E-state index in [1.54, 1.807) is 0 Å². The van der Waals surface area contributed by atoms with Gasteiger partial charge in [-0.1, -0.05) is 164 Å². The second-order valence-electron chi connectivity index (χ2n) is 20.9. The minimum Gasteiger partial charge on any atom is -0.309 e. The highest BCUT2D eigenvalue weighted by Crippen LogP contribution is 2.46. The molecular formula is C74H45N3. The molecule has 0 fully saturated rings. The first kappa shape index (κ1) is 42.2. The molecule has 0 atom stereocenters. The van der Waals surface area contributed by atoms with Gasteiger partial charge in [0, 0.05) is 54.5 Å². The van der Waals surface area contributed by atoms with Crippen LogP contribution >= 0.6 is 0 Å². The maximum absolute atomic E-state index is 2.56. The van der Waals surface area contributed by atoms with E-state index in [0.717, 1.165) is 0 Å². The molecule has 17 aromatic rings. The highest BCUT2D eigenvalue weighted by molar-refractivity contribution is 6.27. The smallest absolute Gasteiger partial charge is 0.0620 e. The molecule has 0 unspecified atom stereocenters. The fourth-order valence-electron chi connectivity index (χ4n) is 13.1. The molecule has 17 rings (SSSR count). The Kier molecular flexibility index (Phi) is 8.84. The maximum atomic E-state index is 2.56. The van der Waals surface area contributed by atoms with Crippen LogP contribution in [0.2, 0.25) is 0 Å². The SMILES string of the molecule is c1ccc(-c2ccc(-c3cc4c5cc6ccc(-c7ccc8c(c7)c7ccccc7n8-c7ccccc7)cc6cc5n5c6cc7cc(-c8ccc9c(c8)c8ccccc8n9-c8ccccc8)ccc7cc6c(c3)c45)cc2)cc1. The lowest BCUT2D eigenvalue weighted by atomic mass is 9.95. The van der Waals surface area contributed by atoms with Gasteiger partial charge in [0.2, 0.25) is 0 Å². The molecule has 0 aliphatic rings. The molecular weight excluding hydrogens is 931 g/mol. The normalized spacial score (nSPS) is 12.2. The van der Waals surface area contributed by atoms with Crippen molar-refractivity contribution >= 4 is 103 Å². The summed E-state index contributed by atoms with van der Waals surface area (Å²) < 4.78 is 7.34. The van der Waals surface area contributed by atoms with E-state index in [9.17, 15) is 0 Å². The van der Waals surface area contributed by atoms with Crippen LogP contribution < -0.4 is 0 Å². The summed E-state index contributed by atoms with van der Waals surface area (Å²) in [6.07, 6.45) is 0. The predicted octanol–water partition coefficient (Wildman–Crippen LogP) is 20.0. The molecule has 4 heterocycles. The number of fused-ring (bicyclic) bond motifs is 14. The number of aromatic nitrogens is 3. The molecule has 3 nitrogen and oxygen atoms in total. The average molecular weight is 976 g/mol. The molecule has 0 saturated heterocycles. The van der Waals surface area contributed by atoms with Crippen molar-refractivity contribution in [3.8, 4) is 55.9 Å². The van der Waals surface area contributed by atoms with E-state index >= 15 is 0 Å². The third-order valence-corrected chi connectivity index (χ3v) is 16.7. The Bertz CT molecular complexity index is 4950. The minimum atomic E-state index is 1.17. The average Bonchev–Trinajstić information content (AvgIpc) is 4.23. The van der Waals surface area contributed by atoms with Gasteiger partial charge in [-0.2, -0.15) is 0 Å². The predicted molar refractivity (Wildman–Crippen MR) is 327 cm³/mol. The maximum Gasteiger partial charge on any atom is 0.0620 e. The van der Waals surface area contributed by atoms with Gasteiger partial charge in [-0.05, 0) is 175 Å². The largest absolute Gasteiger partial charge is 0.309 e. The molecule has 0 aliphatic heterocycles. The fraction of sp³-hybridized carbons (Fsp3) is 0. The number of hydrogen-bond donors (Lipinski definition) is 0. The number of nitrogens with zero attached hydrogens (tertiary/aromatic N) is 3. The van der Waals surface area contributed by atoms with E-state index in [1.165, 1.54) is 159 Å². The number of para-hydroxylation sites is 4. The summed E-state index contributed by atoms with van der Waals surface area (Å²) in [5.74, 6) is 0. The summed E-state index contributed by atoms with van der Waals surface area (Å²) in [7, 11) is 0. The van der Waals surface area contributed by atoms with Crippen molar-refractivity contribution in [1.82, 2.24) is 13.5 Å². The molecule has 0 amide bonds. The molecule has 356 valence electrons. The molecule has 0 spiro atoms. The Labute approximate surface area is 443 Å². The van der Waals surface area contributed by atoms with E-state index in [0.29, 0.717) is 0 Å². The topological polar surface area (TPSA) is 14.3 Å². The molecule has 0 saturated carbocycles. The number of hydrogen-bond acceptors (Lipinski definition) is 0. The van der Waals surface area contributed by atoms with Gasteiger partial charge >= 0.3 is 0 Å². The Morgan fingerprint density at radius 3 is 1.03 bits per heavy atom. The lowest BCUT2D eigenvalue weighted by molar-refractivity contribution is 1.18. The first-order valence-corrected chi connectivity index (χ1v) is 26.6. The van der Waals surface area contributed by atoms with E-state index < -0.39 is 0 Å². The molecule has 0 bridgehead atoms. The minimum absolute atomic E-state index is 1.17. The summed E-state index contributed by atoms with van der Waals surface area (Å²) in [6.45, 7) is 0. The van der Waals surface area contributed by atoms with Crippen LogP contribution in [0.25, 0.3) is 159 Å². The van der Waals surface area contributed by atoms with Crippen molar-refractivity contribution in [3.63, 3.8) is 0 Å². The van der Waals surface area contributed by atoms with Crippen LogP contribution in [0, 0.1) is 0 Å². The van der Waals surface area contributed by atoms with E-state index in [1.807, 2.05) is 0 Å². The molecule has 0 aliphatic carbocycles. The van der Waals surface area contributed by atoms with Crippen molar-refractivity contribution < 1.29 is 0 Å². The lowest BCUT2D eigenvalue weighted by Gasteiger charge is -2.09. The van der Waals surface area contributed by atoms with Gasteiger partial charge in [-0.3, -0.25) is 0 Å². The summed E-state index contributed by atoms with van der Waals surface area (Å²) in [5, 5.41) is 15.0. The molecule has 0 radical (unpaired) electrons. The third-order valence-electron chi connectivity index (χ3n) is 16.7. The van der Waals surface area contributed by atoms with Crippen LogP contribution in [0.1, 0.15) is 0 Å². The van der Waals surface area contributed by atoms with E-state index in [4.69, 9.17) is 0 Å². The zero-order chi connectivity index (χ0) is 50.3. The van der Waals surface area contributed by atoms with Crippen molar-refractivity contribution in [2.75, 3.05) is 0 Å². The lowest BCUT2D eigenvalue weighted by Crippen LogP contribution is -1.92. The Morgan fingerprint density at radius 1 is 0.182 bits per heavy atom. The molecule has 77 heavy (non-hydrogen) atoms. The van der Waals surface area contributed by atoms with Crippen molar-refractivity contribution in [2.24, 2.45) is 0 Å². The second-order valence-corrected chi connectivity index (χ2v) is 20.9. The van der Waals surface area contributed by atoms with E-state index in [2.05, 4.69) is 287 Å². The van der Waals surface area contributed by atoms with Crippen molar-refractivity contribution in [3.05, 3.63) is 273 Å². The molecule has 13 aromatic carbocycles. The van der Waals surface area contributed by atoms with Crippen LogP contribution in [-0.2, 0) is 0 Å². The van der Waals surface area contributed by atoms with Crippen LogP contribution in [0.4, 0.5) is 0 Å². The first-order valence-electron chi connectivity index (χ1n) is 26.6. The van der Waals surface area contributed by atoms with Gasteiger partial charge in [0.05, 0.1) is 38.6 Å². The third kappa shape index (κ3) is 6.32. The summed E-state index contributed by atoms with van der Waals surface area (Å²) in [5.41, 5.74) is 20.6. The number of rotatable bonds is 6. The quantitative estimate of drug-likeness (QED) is 0.158. The van der Waals surface area contributed by atoms with Gasteiger partial charge in [-0.25, -0.2) is 0 Å². The van der Waals surface area contributed by atoms with Gasteiger partial charge in [0.1, 0.15) is 0 Å². The number of benzene rings is 13. The monoisotopic (exact) mass is 975 g/mol. The van der Waals surface area contributed by atoms with Gasteiger partial charge in [0.15, 0.2) is 0 Å². The highest BCUT2D eigenvalue weighted by Gasteiger charge is 2.22. The zero-order valence-corrected chi connectivity index (χ0v) is 41.8. The van der Waals surface area contributed by atoms with Crippen LogP contribution in [0.15, 0.2) is 273 Å². The summed E-state index contributed by atoms with van der Waals surface area (Å²) in [6, 6.07) is 101. The second kappa shape index (κ2) is 16.1. The first-order chi connectivity index (χ1) is 38.1. The van der Waals surface area contributed by atoms with Crippen LogP contribution in [0.3, 0.4) is 0 Å². The Hall–Kier alpha value is -10.2. The van der Waals surface area contributed by atoms with Crippen molar-refractivity contribution in [1.29, 1.82) is 0 Å². The van der Waals surface area contributed by atoms with Crippen LogP contribution in [0.5, 0.6) is 0 Å². The van der Waals surface area contributed by atoms with Gasteiger partial charge < -0.3 is 13.5 Å². The standard InChI is InChI=1S/C74H45N3/c1-4-14-46(15-5-1)47-24-26-48(27-25-47)57-42-66-64-40-53-30-28-49(51-32-34-70-62(38-51)60-20-10-12-22-68(60)75(70)58-16-6-2-7-17-58)36-55(53)44-72(64)77-73-45-56-37-50(29-31-54(56)41-65(73)67(43-57)74(66)77)52-33-35-71-63(39-52)61-21-11-13-23-69(61)76(71)59-18-8-3-9-19-59/h1-45H. The van der Waals surface area contributed by atoms with Crippen molar-refractivity contribution in [2.45, 2.75) is 0 Å². The molecule has 3 heteroatoms. The Balaban J connectivity index is 0.855. The fourth-order valence-corrected chi connectivity index (χ4v) is 13.1. The summed E-state index contributed by atoms with van der Waals surface area (Å²) in [4.78, 5) is 0. The molecule has 4 aromatic heterocycles. The molecule has 0 N–H and O–H groups in total. The van der Waals surface area contributed by atoms with Crippen LogP contribution in [-0.4, -0.2) is 13.5 Å². The van der Waals surface area contributed by atoms with Gasteiger partial charge in [0.25, 0.3) is 0 Å². The highest BCUT2D eigenvalue weighted by atomic mass is 15.0. The van der Waals surface area contributed by atoms with E-state index in [-0.39, 0.29) is 0 Å². The van der Waals surface area contributed by atoms with Gasteiger partial charge in [-0.15, -0.1) is 0 Å².